The molecule has 2 heterocycles. The number of carbonyl (C=O) groups excluding carboxylic acids is 1. The predicted octanol–water partition coefficient (Wildman–Crippen LogP) is 1.55. The molecule has 2 unspecified atom stereocenters. The highest BCUT2D eigenvalue weighted by Crippen LogP contribution is 2.19. The van der Waals surface area contributed by atoms with Crippen LogP contribution in [0.3, 0.4) is 0 Å². The van der Waals surface area contributed by atoms with Gasteiger partial charge in [0.25, 0.3) is 5.91 Å². The van der Waals surface area contributed by atoms with Crippen LogP contribution in [0.25, 0.3) is 0 Å². The number of piperidine rings is 1. The molecule has 110 valence electrons. The third-order valence-corrected chi connectivity index (χ3v) is 3.99. The molecule has 0 spiro atoms. The molecule has 5 nitrogen and oxygen atoms in total. The lowest BCUT2D eigenvalue weighted by Crippen LogP contribution is -2.50. The number of hydrogen-bond acceptors (Lipinski definition) is 4. The monoisotopic (exact) mass is 276 g/mol. The van der Waals surface area contributed by atoms with E-state index in [1.807, 2.05) is 24.8 Å². The van der Waals surface area contributed by atoms with Crippen LogP contribution in [0.2, 0.25) is 0 Å². The van der Waals surface area contributed by atoms with Gasteiger partial charge in [-0.1, -0.05) is 13.8 Å². The number of nitrogens with zero attached hydrogens (tertiary/aromatic N) is 3. The lowest BCUT2D eigenvalue weighted by molar-refractivity contribution is 0.0644. The Morgan fingerprint density at radius 3 is 2.85 bits per heavy atom. The van der Waals surface area contributed by atoms with Crippen molar-refractivity contribution in [1.29, 1.82) is 0 Å². The van der Waals surface area contributed by atoms with Crippen LogP contribution in [0.1, 0.15) is 42.0 Å². The van der Waals surface area contributed by atoms with Crippen molar-refractivity contribution in [3.05, 3.63) is 23.0 Å². The molecule has 0 saturated carbocycles. The molecular weight excluding hydrogens is 252 g/mol. The Bertz CT molecular complexity index is 489. The minimum atomic E-state index is 0.0855. The zero-order valence-corrected chi connectivity index (χ0v) is 12.8. The second-order valence-corrected chi connectivity index (χ2v) is 5.67. The Balaban J connectivity index is 2.09. The number of nitrogens with one attached hydrogen (secondary N) is 1. The van der Waals surface area contributed by atoms with E-state index >= 15 is 0 Å². The average molecular weight is 276 g/mol. The van der Waals surface area contributed by atoms with Crippen molar-refractivity contribution in [2.24, 2.45) is 5.92 Å². The number of aryl methyl sites for hydroxylation is 2. The maximum Gasteiger partial charge on any atom is 0.255 e. The van der Waals surface area contributed by atoms with E-state index in [0.717, 1.165) is 31.7 Å². The van der Waals surface area contributed by atoms with Crippen LogP contribution in [0.4, 0.5) is 0 Å². The quantitative estimate of drug-likeness (QED) is 0.910. The normalized spacial score (nSPS) is 22.9. The molecule has 1 N–H and O–H groups in total. The van der Waals surface area contributed by atoms with E-state index in [4.69, 9.17) is 0 Å². The van der Waals surface area contributed by atoms with E-state index in [-0.39, 0.29) is 5.91 Å². The minimum Gasteiger partial charge on any atom is -0.338 e. The molecule has 2 atom stereocenters. The molecule has 20 heavy (non-hydrogen) atoms. The zero-order valence-electron chi connectivity index (χ0n) is 12.8. The van der Waals surface area contributed by atoms with Crippen LogP contribution in [0.15, 0.2) is 6.07 Å². The highest BCUT2D eigenvalue weighted by atomic mass is 16.2. The minimum absolute atomic E-state index is 0.0855. The molecule has 2 rings (SSSR count). The summed E-state index contributed by atoms with van der Waals surface area (Å²) in [5, 5.41) is 11.5. The number of carbonyl (C=O) groups is 1. The number of hydrogen-bond donors (Lipinski definition) is 1. The molecule has 1 amide bonds. The molecule has 0 aromatic carbocycles. The van der Waals surface area contributed by atoms with Gasteiger partial charge < -0.3 is 10.2 Å². The van der Waals surface area contributed by atoms with Gasteiger partial charge in [-0.15, -0.1) is 0 Å². The summed E-state index contributed by atoms with van der Waals surface area (Å²) in [7, 11) is 0. The van der Waals surface area contributed by atoms with Gasteiger partial charge in [0, 0.05) is 19.1 Å². The van der Waals surface area contributed by atoms with Crippen LogP contribution < -0.4 is 5.32 Å². The summed E-state index contributed by atoms with van der Waals surface area (Å²) in [6, 6.07) is 2.36. The summed E-state index contributed by atoms with van der Waals surface area (Å²) in [5.74, 6) is 0.561. The highest BCUT2D eigenvalue weighted by molar-refractivity contribution is 5.95. The summed E-state index contributed by atoms with van der Waals surface area (Å²) in [4.78, 5) is 14.6. The van der Waals surface area contributed by atoms with E-state index < -0.39 is 0 Å². The largest absolute Gasteiger partial charge is 0.338 e. The zero-order chi connectivity index (χ0) is 14.7. The topological polar surface area (TPSA) is 58.1 Å². The van der Waals surface area contributed by atoms with E-state index in [1.54, 1.807) is 0 Å². The first-order chi connectivity index (χ1) is 9.52. The Kier molecular flexibility index (Phi) is 4.70. The van der Waals surface area contributed by atoms with Crippen molar-refractivity contribution in [3.8, 4) is 0 Å². The van der Waals surface area contributed by atoms with E-state index in [1.165, 1.54) is 0 Å². The van der Waals surface area contributed by atoms with Gasteiger partial charge in [0.15, 0.2) is 0 Å². The van der Waals surface area contributed by atoms with E-state index in [9.17, 15) is 4.79 Å². The molecule has 1 aromatic heterocycles. The van der Waals surface area contributed by atoms with Crippen LogP contribution in [0.5, 0.6) is 0 Å². The fourth-order valence-corrected chi connectivity index (χ4v) is 2.83. The number of amides is 1. The Morgan fingerprint density at radius 1 is 1.45 bits per heavy atom. The average Bonchev–Trinajstić information content (AvgIpc) is 2.43. The van der Waals surface area contributed by atoms with Gasteiger partial charge in [0.05, 0.1) is 17.0 Å². The molecular formula is C15H24N4O. The highest BCUT2D eigenvalue weighted by Gasteiger charge is 2.29. The lowest BCUT2D eigenvalue weighted by atomic mass is 9.93. The van der Waals surface area contributed by atoms with Crippen molar-refractivity contribution in [1.82, 2.24) is 20.4 Å². The number of likely N-dealkylation sites (tertiary alicyclic amines) is 1. The van der Waals surface area contributed by atoms with Gasteiger partial charge >= 0.3 is 0 Å². The molecule has 5 heteroatoms. The van der Waals surface area contributed by atoms with Crippen LogP contribution in [0, 0.1) is 19.8 Å². The fourth-order valence-electron chi connectivity index (χ4n) is 2.83. The molecule has 1 aliphatic heterocycles. The van der Waals surface area contributed by atoms with Crippen LogP contribution >= 0.6 is 0 Å². The first-order valence-electron chi connectivity index (χ1n) is 7.36. The second kappa shape index (κ2) is 6.31. The SMILES string of the molecule is CCNC1CCN(C(=O)c2cc(C)nnc2C)CC1C. The summed E-state index contributed by atoms with van der Waals surface area (Å²) < 4.78 is 0. The van der Waals surface area contributed by atoms with Gasteiger partial charge in [-0.05, 0) is 38.8 Å². The Morgan fingerprint density at radius 2 is 2.20 bits per heavy atom. The van der Waals surface area contributed by atoms with Gasteiger partial charge in [0.1, 0.15) is 0 Å². The summed E-state index contributed by atoms with van der Waals surface area (Å²) >= 11 is 0. The maximum absolute atomic E-state index is 12.6. The molecule has 1 fully saturated rings. The molecule has 1 aromatic rings. The summed E-state index contributed by atoms with van der Waals surface area (Å²) in [6.45, 7) is 10.6. The summed E-state index contributed by atoms with van der Waals surface area (Å²) in [6.07, 6.45) is 1.01. The molecule has 1 saturated heterocycles. The van der Waals surface area contributed by atoms with Crippen molar-refractivity contribution in [2.45, 2.75) is 40.2 Å². The van der Waals surface area contributed by atoms with Crippen molar-refractivity contribution < 1.29 is 4.79 Å². The van der Waals surface area contributed by atoms with Crippen LogP contribution in [-0.4, -0.2) is 46.7 Å². The van der Waals surface area contributed by atoms with E-state index in [2.05, 4.69) is 29.4 Å². The molecule has 0 aliphatic carbocycles. The molecule has 0 bridgehead atoms. The fraction of sp³-hybridized carbons (Fsp3) is 0.667. The first kappa shape index (κ1) is 14.9. The van der Waals surface area contributed by atoms with Gasteiger partial charge in [-0.2, -0.15) is 10.2 Å². The third kappa shape index (κ3) is 3.15. The smallest absolute Gasteiger partial charge is 0.255 e. The second-order valence-electron chi connectivity index (χ2n) is 5.67. The molecule has 0 radical (unpaired) electrons. The number of rotatable bonds is 3. The lowest BCUT2D eigenvalue weighted by Gasteiger charge is -2.37. The Hall–Kier alpha value is -1.49. The van der Waals surface area contributed by atoms with E-state index in [0.29, 0.717) is 23.2 Å². The summed E-state index contributed by atoms with van der Waals surface area (Å²) in [5.41, 5.74) is 2.18. The Labute approximate surface area is 120 Å². The maximum atomic E-state index is 12.6. The van der Waals surface area contributed by atoms with Crippen molar-refractivity contribution in [2.75, 3.05) is 19.6 Å². The van der Waals surface area contributed by atoms with Gasteiger partial charge in [-0.3, -0.25) is 4.79 Å². The van der Waals surface area contributed by atoms with Crippen molar-refractivity contribution >= 4 is 5.91 Å². The standard InChI is InChI=1S/C15H24N4O/c1-5-16-14-6-7-19(9-10(14)2)15(20)13-8-11(3)17-18-12(13)4/h8,10,14,16H,5-7,9H2,1-4H3. The predicted molar refractivity (Wildman–Crippen MR) is 78.7 cm³/mol. The third-order valence-electron chi connectivity index (χ3n) is 3.99. The van der Waals surface area contributed by atoms with Crippen molar-refractivity contribution in [3.63, 3.8) is 0 Å². The van der Waals surface area contributed by atoms with Gasteiger partial charge in [-0.25, -0.2) is 0 Å². The number of aromatic nitrogens is 2. The first-order valence-corrected chi connectivity index (χ1v) is 7.36. The molecule has 1 aliphatic rings. The van der Waals surface area contributed by atoms with Crippen LogP contribution in [-0.2, 0) is 0 Å². The van der Waals surface area contributed by atoms with Gasteiger partial charge in [0.2, 0.25) is 0 Å².